The Morgan fingerprint density at radius 2 is 1.74 bits per heavy atom. The first-order valence-electron chi connectivity index (χ1n) is 6.71. The van der Waals surface area contributed by atoms with Crippen LogP contribution in [0.3, 0.4) is 0 Å². The predicted octanol–water partition coefficient (Wildman–Crippen LogP) is 1.50. The summed E-state index contributed by atoms with van der Waals surface area (Å²) in [6.07, 6.45) is 1.50. The minimum absolute atomic E-state index is 0.0769. The van der Waals surface area contributed by atoms with Crippen molar-refractivity contribution in [1.82, 2.24) is 14.9 Å². The van der Waals surface area contributed by atoms with Gasteiger partial charge in [0.2, 0.25) is 5.91 Å². The first kappa shape index (κ1) is 15.2. The van der Waals surface area contributed by atoms with Crippen LogP contribution < -0.4 is 10.6 Å². The van der Waals surface area contributed by atoms with Gasteiger partial charge in [0, 0.05) is 25.2 Å². The van der Waals surface area contributed by atoms with E-state index < -0.39 is 0 Å². The zero-order valence-electron chi connectivity index (χ0n) is 12.2. The molecular formula is C13H23N5O. The van der Waals surface area contributed by atoms with Gasteiger partial charge in [0.15, 0.2) is 0 Å². The minimum atomic E-state index is 0.0769. The average Bonchev–Trinajstić information content (AvgIpc) is 2.41. The SMILES string of the molecule is CCNc1ncnc(NCC(=O)N(CC)CC)c1C. The number of nitrogens with one attached hydrogen (secondary N) is 2. The summed E-state index contributed by atoms with van der Waals surface area (Å²) in [6, 6.07) is 0. The van der Waals surface area contributed by atoms with E-state index in [4.69, 9.17) is 0 Å². The van der Waals surface area contributed by atoms with Crippen LogP contribution in [-0.2, 0) is 4.79 Å². The van der Waals surface area contributed by atoms with Gasteiger partial charge < -0.3 is 15.5 Å². The molecule has 1 aromatic heterocycles. The molecule has 0 saturated carbocycles. The highest BCUT2D eigenvalue weighted by molar-refractivity contribution is 5.81. The van der Waals surface area contributed by atoms with E-state index in [1.165, 1.54) is 6.33 Å². The zero-order valence-corrected chi connectivity index (χ0v) is 12.2. The number of aromatic nitrogens is 2. The molecule has 0 radical (unpaired) electrons. The van der Waals surface area contributed by atoms with Crippen molar-refractivity contribution < 1.29 is 4.79 Å². The summed E-state index contributed by atoms with van der Waals surface area (Å²) < 4.78 is 0. The molecule has 0 bridgehead atoms. The number of anilines is 2. The van der Waals surface area contributed by atoms with Gasteiger partial charge in [-0.1, -0.05) is 0 Å². The number of carbonyl (C=O) groups is 1. The maximum Gasteiger partial charge on any atom is 0.241 e. The van der Waals surface area contributed by atoms with Crippen molar-refractivity contribution in [1.29, 1.82) is 0 Å². The van der Waals surface area contributed by atoms with Gasteiger partial charge in [-0.05, 0) is 27.7 Å². The van der Waals surface area contributed by atoms with Crippen molar-refractivity contribution in [2.75, 3.05) is 36.8 Å². The second-order valence-corrected chi connectivity index (χ2v) is 4.15. The molecule has 0 spiro atoms. The molecule has 0 aliphatic heterocycles. The number of likely N-dealkylation sites (N-methyl/N-ethyl adjacent to an activating group) is 1. The van der Waals surface area contributed by atoms with E-state index in [1.54, 1.807) is 4.90 Å². The Hall–Kier alpha value is -1.85. The van der Waals surface area contributed by atoms with Crippen LogP contribution in [0.2, 0.25) is 0 Å². The number of hydrogen-bond donors (Lipinski definition) is 2. The van der Waals surface area contributed by atoms with Gasteiger partial charge in [-0.25, -0.2) is 9.97 Å². The van der Waals surface area contributed by atoms with Gasteiger partial charge in [0.05, 0.1) is 6.54 Å². The van der Waals surface area contributed by atoms with Crippen LogP contribution in [0.4, 0.5) is 11.6 Å². The summed E-state index contributed by atoms with van der Waals surface area (Å²) in [5, 5.41) is 6.24. The third-order valence-electron chi connectivity index (χ3n) is 2.95. The summed E-state index contributed by atoms with van der Waals surface area (Å²) in [6.45, 7) is 10.4. The van der Waals surface area contributed by atoms with Gasteiger partial charge in [-0.3, -0.25) is 4.79 Å². The Morgan fingerprint density at radius 3 is 2.26 bits per heavy atom. The first-order valence-corrected chi connectivity index (χ1v) is 6.71. The summed E-state index contributed by atoms with van der Waals surface area (Å²) in [4.78, 5) is 22.0. The number of nitrogens with zero attached hydrogens (tertiary/aromatic N) is 3. The van der Waals surface area contributed by atoms with Crippen LogP contribution in [0.25, 0.3) is 0 Å². The van der Waals surface area contributed by atoms with Gasteiger partial charge in [0.25, 0.3) is 0 Å². The van der Waals surface area contributed by atoms with Crippen LogP contribution in [0.5, 0.6) is 0 Å². The molecule has 0 unspecified atom stereocenters. The molecule has 106 valence electrons. The summed E-state index contributed by atoms with van der Waals surface area (Å²) in [5.74, 6) is 1.58. The molecule has 19 heavy (non-hydrogen) atoms. The van der Waals surface area contributed by atoms with E-state index in [-0.39, 0.29) is 12.5 Å². The average molecular weight is 265 g/mol. The molecule has 0 aliphatic rings. The molecule has 6 heteroatoms. The second kappa shape index (κ2) is 7.56. The lowest BCUT2D eigenvalue weighted by Crippen LogP contribution is -2.35. The highest BCUT2D eigenvalue weighted by atomic mass is 16.2. The van der Waals surface area contributed by atoms with Crippen molar-refractivity contribution in [2.24, 2.45) is 0 Å². The van der Waals surface area contributed by atoms with Crippen molar-refractivity contribution in [3.05, 3.63) is 11.9 Å². The van der Waals surface area contributed by atoms with Crippen LogP contribution in [0.15, 0.2) is 6.33 Å². The van der Waals surface area contributed by atoms with Crippen molar-refractivity contribution in [2.45, 2.75) is 27.7 Å². The topological polar surface area (TPSA) is 70.1 Å². The molecule has 0 atom stereocenters. The molecule has 6 nitrogen and oxygen atoms in total. The lowest BCUT2D eigenvalue weighted by atomic mass is 10.3. The van der Waals surface area contributed by atoms with E-state index in [0.717, 1.165) is 31.0 Å². The Labute approximate surface area is 114 Å². The zero-order chi connectivity index (χ0) is 14.3. The quantitative estimate of drug-likeness (QED) is 0.782. The molecule has 1 aromatic rings. The molecule has 0 aliphatic carbocycles. The predicted molar refractivity (Wildman–Crippen MR) is 77.4 cm³/mol. The van der Waals surface area contributed by atoms with Gasteiger partial charge in [-0.15, -0.1) is 0 Å². The van der Waals surface area contributed by atoms with Crippen molar-refractivity contribution in [3.63, 3.8) is 0 Å². The summed E-state index contributed by atoms with van der Waals surface area (Å²) >= 11 is 0. The molecule has 2 N–H and O–H groups in total. The maximum atomic E-state index is 11.9. The van der Waals surface area contributed by atoms with Crippen LogP contribution in [0.1, 0.15) is 26.3 Å². The fourth-order valence-electron chi connectivity index (χ4n) is 1.82. The number of carbonyl (C=O) groups excluding carboxylic acids is 1. The lowest BCUT2D eigenvalue weighted by Gasteiger charge is -2.19. The third kappa shape index (κ3) is 4.08. The van der Waals surface area contributed by atoms with E-state index in [9.17, 15) is 4.79 Å². The molecule has 0 fully saturated rings. The van der Waals surface area contributed by atoms with Crippen LogP contribution >= 0.6 is 0 Å². The van der Waals surface area contributed by atoms with Gasteiger partial charge >= 0.3 is 0 Å². The number of hydrogen-bond acceptors (Lipinski definition) is 5. The molecular weight excluding hydrogens is 242 g/mol. The highest BCUT2D eigenvalue weighted by Gasteiger charge is 2.11. The van der Waals surface area contributed by atoms with Gasteiger partial charge in [0.1, 0.15) is 18.0 Å². The van der Waals surface area contributed by atoms with E-state index in [0.29, 0.717) is 5.82 Å². The summed E-state index contributed by atoms with van der Waals surface area (Å²) in [7, 11) is 0. The van der Waals surface area contributed by atoms with E-state index >= 15 is 0 Å². The minimum Gasteiger partial charge on any atom is -0.370 e. The lowest BCUT2D eigenvalue weighted by molar-refractivity contribution is -0.128. The smallest absolute Gasteiger partial charge is 0.241 e. The number of amides is 1. The summed E-state index contributed by atoms with van der Waals surface area (Å²) in [5.41, 5.74) is 0.927. The van der Waals surface area contributed by atoms with Crippen molar-refractivity contribution >= 4 is 17.5 Å². The second-order valence-electron chi connectivity index (χ2n) is 4.15. The van der Waals surface area contributed by atoms with Gasteiger partial charge in [-0.2, -0.15) is 0 Å². The van der Waals surface area contributed by atoms with Crippen LogP contribution in [-0.4, -0.2) is 47.0 Å². The van der Waals surface area contributed by atoms with Crippen LogP contribution in [0, 0.1) is 6.92 Å². The Bertz CT molecular complexity index is 417. The molecule has 0 saturated heterocycles. The highest BCUT2D eigenvalue weighted by Crippen LogP contribution is 2.17. The normalized spacial score (nSPS) is 10.1. The first-order chi connectivity index (χ1) is 9.13. The third-order valence-corrected chi connectivity index (χ3v) is 2.95. The molecule has 1 heterocycles. The molecule has 0 aromatic carbocycles. The fraction of sp³-hybridized carbons (Fsp3) is 0.615. The number of rotatable bonds is 7. The standard InChI is InChI=1S/C13H23N5O/c1-5-14-12-10(4)13(17-9-16-12)15-8-11(19)18(6-2)7-3/h9H,5-8H2,1-4H3,(H2,14,15,16,17). The maximum absolute atomic E-state index is 11.9. The Morgan fingerprint density at radius 1 is 1.16 bits per heavy atom. The van der Waals surface area contributed by atoms with E-state index in [1.807, 2.05) is 27.7 Å². The van der Waals surface area contributed by atoms with Crippen molar-refractivity contribution in [3.8, 4) is 0 Å². The van der Waals surface area contributed by atoms with E-state index in [2.05, 4.69) is 20.6 Å². The Kier molecular flexibility index (Phi) is 6.05. The fourth-order valence-corrected chi connectivity index (χ4v) is 1.82. The monoisotopic (exact) mass is 265 g/mol. The largest absolute Gasteiger partial charge is 0.370 e. The molecule has 1 amide bonds. The molecule has 1 rings (SSSR count). The Balaban J connectivity index is 2.67.